The second kappa shape index (κ2) is 6.86. The highest BCUT2D eigenvalue weighted by Crippen LogP contribution is 2.52. The number of benzene rings is 2. The van der Waals surface area contributed by atoms with Gasteiger partial charge in [0.2, 0.25) is 0 Å². The fourth-order valence-corrected chi connectivity index (χ4v) is 4.37. The first-order valence-corrected chi connectivity index (χ1v) is 8.72. The first kappa shape index (κ1) is 16.8. The summed E-state index contributed by atoms with van der Waals surface area (Å²) in [5, 5.41) is 18.9. The summed E-state index contributed by atoms with van der Waals surface area (Å²) in [4.78, 5) is 0. The lowest BCUT2D eigenvalue weighted by Crippen LogP contribution is -2.30. The minimum atomic E-state index is -1.21. The zero-order valence-corrected chi connectivity index (χ0v) is 14.5. The van der Waals surface area contributed by atoms with E-state index in [0.717, 1.165) is 16.7 Å². The topological polar surface area (TPSA) is 47.6 Å². The fraction of sp³-hybridized carbons (Fsp3) is 0.300. The van der Waals surface area contributed by atoms with E-state index >= 15 is 0 Å². The van der Waals surface area contributed by atoms with E-state index in [2.05, 4.69) is 12.1 Å². The number of alkyl halides is 2. The highest BCUT2D eigenvalue weighted by Gasteiger charge is 2.48. The molecule has 0 fully saturated rings. The summed E-state index contributed by atoms with van der Waals surface area (Å²) < 4.78 is 0. The maximum absolute atomic E-state index is 9.84. The molecule has 0 saturated carbocycles. The summed E-state index contributed by atoms with van der Waals surface area (Å²) in [6.45, 7) is 0. The molecule has 2 aromatic rings. The highest BCUT2D eigenvalue weighted by atomic mass is 35.5. The normalized spacial score (nSPS) is 20.7. The maximum Gasteiger partial charge on any atom is 0.150 e. The average Bonchev–Trinajstić information content (AvgIpc) is 2.98. The number of hydrogen-bond acceptors (Lipinski definition) is 2. The number of halogens is 2. The van der Waals surface area contributed by atoms with Crippen molar-refractivity contribution >= 4 is 23.2 Å². The third-order valence-electron chi connectivity index (χ3n) is 4.84. The van der Waals surface area contributed by atoms with E-state index in [1.807, 2.05) is 54.6 Å². The quantitative estimate of drug-likeness (QED) is 0.676. The van der Waals surface area contributed by atoms with Crippen LogP contribution >= 0.6 is 23.2 Å². The standard InChI is InChI=1S/C20H16Cl2N2/c21-18(14-6-2-1-3-7-14)11-20(12-23,13-24)17-10-15-8-4-5-9-16(15)19(17)22/h1-9,17-19H,10-11H2. The van der Waals surface area contributed by atoms with E-state index < -0.39 is 10.8 Å². The first-order valence-electron chi connectivity index (χ1n) is 7.84. The van der Waals surface area contributed by atoms with Crippen molar-refractivity contribution in [3.63, 3.8) is 0 Å². The molecule has 0 saturated heterocycles. The molecular formula is C20H16Cl2N2. The Balaban J connectivity index is 1.91. The van der Waals surface area contributed by atoms with Crippen molar-refractivity contribution in [2.75, 3.05) is 0 Å². The van der Waals surface area contributed by atoms with Gasteiger partial charge in [0.05, 0.1) is 22.9 Å². The van der Waals surface area contributed by atoms with Crippen molar-refractivity contribution in [2.24, 2.45) is 11.3 Å². The van der Waals surface area contributed by atoms with Crippen LogP contribution in [0.1, 0.15) is 33.9 Å². The third kappa shape index (κ3) is 2.89. The molecule has 0 amide bonds. The Hall–Kier alpha value is -2.00. The predicted molar refractivity (Wildman–Crippen MR) is 95.5 cm³/mol. The summed E-state index contributed by atoms with van der Waals surface area (Å²) >= 11 is 13.2. The number of nitriles is 2. The predicted octanol–water partition coefficient (Wildman–Crippen LogP) is 5.54. The minimum absolute atomic E-state index is 0.257. The highest BCUT2D eigenvalue weighted by molar-refractivity contribution is 6.22. The van der Waals surface area contributed by atoms with E-state index in [-0.39, 0.29) is 17.7 Å². The molecular weight excluding hydrogens is 339 g/mol. The molecule has 3 rings (SSSR count). The van der Waals surface area contributed by atoms with Gasteiger partial charge in [0.1, 0.15) is 5.41 Å². The Morgan fingerprint density at radius 1 is 1.04 bits per heavy atom. The molecule has 3 atom stereocenters. The Kier molecular flexibility index (Phi) is 4.81. The van der Waals surface area contributed by atoms with Crippen LogP contribution in [0, 0.1) is 34.0 Å². The molecule has 0 bridgehead atoms. The fourth-order valence-electron chi connectivity index (χ4n) is 3.47. The van der Waals surface area contributed by atoms with Gasteiger partial charge in [-0.1, -0.05) is 54.6 Å². The lowest BCUT2D eigenvalue weighted by atomic mass is 9.72. The van der Waals surface area contributed by atoms with Crippen LogP contribution in [0.2, 0.25) is 0 Å². The van der Waals surface area contributed by atoms with Crippen LogP contribution in [-0.2, 0) is 6.42 Å². The van der Waals surface area contributed by atoms with E-state index in [1.54, 1.807) is 0 Å². The van der Waals surface area contributed by atoms with Crippen molar-refractivity contribution < 1.29 is 0 Å². The summed E-state index contributed by atoms with van der Waals surface area (Å²) in [7, 11) is 0. The third-order valence-corrected chi connectivity index (χ3v) is 5.79. The van der Waals surface area contributed by atoms with Gasteiger partial charge in [0.15, 0.2) is 0 Å². The van der Waals surface area contributed by atoms with Gasteiger partial charge in [-0.15, -0.1) is 23.2 Å². The van der Waals surface area contributed by atoms with Crippen molar-refractivity contribution in [1.82, 2.24) is 0 Å². The first-order chi connectivity index (χ1) is 11.6. The number of fused-ring (bicyclic) bond motifs is 1. The van der Waals surface area contributed by atoms with Crippen molar-refractivity contribution in [3.8, 4) is 12.1 Å². The van der Waals surface area contributed by atoms with Crippen LogP contribution in [-0.4, -0.2) is 0 Å². The van der Waals surface area contributed by atoms with E-state index in [4.69, 9.17) is 23.2 Å². The van der Waals surface area contributed by atoms with Gasteiger partial charge in [-0.05, 0) is 23.1 Å². The maximum atomic E-state index is 9.84. The molecule has 0 aliphatic heterocycles. The van der Waals surface area contributed by atoms with Gasteiger partial charge in [-0.25, -0.2) is 0 Å². The SMILES string of the molecule is N#CC(C#N)(CC(Cl)c1ccccc1)C1Cc2ccccc2C1Cl. The zero-order chi connectivity index (χ0) is 17.2. The lowest BCUT2D eigenvalue weighted by molar-refractivity contribution is 0.297. The van der Waals surface area contributed by atoms with Crippen LogP contribution in [0.3, 0.4) is 0 Å². The van der Waals surface area contributed by atoms with E-state index in [9.17, 15) is 10.5 Å². The van der Waals surface area contributed by atoms with Crippen molar-refractivity contribution in [1.29, 1.82) is 10.5 Å². The molecule has 0 aromatic heterocycles. The molecule has 0 radical (unpaired) electrons. The smallest absolute Gasteiger partial charge is 0.150 e. The number of hydrogen-bond donors (Lipinski definition) is 0. The Morgan fingerprint density at radius 3 is 2.29 bits per heavy atom. The van der Waals surface area contributed by atoms with E-state index in [0.29, 0.717) is 6.42 Å². The van der Waals surface area contributed by atoms with Crippen LogP contribution < -0.4 is 0 Å². The van der Waals surface area contributed by atoms with Crippen LogP contribution in [0.5, 0.6) is 0 Å². The minimum Gasteiger partial charge on any atom is -0.197 e. The average molecular weight is 355 g/mol. The van der Waals surface area contributed by atoms with Crippen molar-refractivity contribution in [3.05, 3.63) is 71.3 Å². The van der Waals surface area contributed by atoms with Gasteiger partial charge < -0.3 is 0 Å². The largest absolute Gasteiger partial charge is 0.197 e. The Bertz CT molecular complexity index is 790. The van der Waals surface area contributed by atoms with Crippen LogP contribution in [0.25, 0.3) is 0 Å². The van der Waals surface area contributed by atoms with Gasteiger partial charge in [0, 0.05) is 12.3 Å². The molecule has 0 N–H and O–H groups in total. The van der Waals surface area contributed by atoms with Gasteiger partial charge in [0.25, 0.3) is 0 Å². The molecule has 3 unspecified atom stereocenters. The van der Waals surface area contributed by atoms with E-state index in [1.165, 1.54) is 0 Å². The second-order valence-corrected chi connectivity index (χ2v) is 7.19. The van der Waals surface area contributed by atoms with Crippen molar-refractivity contribution in [2.45, 2.75) is 23.6 Å². The molecule has 4 heteroatoms. The molecule has 0 spiro atoms. The molecule has 2 nitrogen and oxygen atoms in total. The second-order valence-electron chi connectivity index (χ2n) is 6.19. The number of rotatable bonds is 4. The molecule has 120 valence electrons. The van der Waals surface area contributed by atoms with Crippen LogP contribution in [0.4, 0.5) is 0 Å². The Morgan fingerprint density at radius 2 is 1.67 bits per heavy atom. The lowest BCUT2D eigenvalue weighted by Gasteiger charge is -2.30. The van der Waals surface area contributed by atoms with Gasteiger partial charge in [-0.2, -0.15) is 10.5 Å². The molecule has 24 heavy (non-hydrogen) atoms. The molecule has 2 aromatic carbocycles. The summed E-state index contributed by atoms with van der Waals surface area (Å²) in [6.07, 6.45) is 0.886. The monoisotopic (exact) mass is 354 g/mol. The molecule has 1 aliphatic rings. The Labute approximate surface area is 152 Å². The van der Waals surface area contributed by atoms with Gasteiger partial charge in [-0.3, -0.25) is 0 Å². The number of nitrogens with zero attached hydrogens (tertiary/aromatic N) is 2. The summed E-state index contributed by atoms with van der Waals surface area (Å²) in [5.41, 5.74) is 1.83. The summed E-state index contributed by atoms with van der Waals surface area (Å²) in [6, 6.07) is 21.9. The summed E-state index contributed by atoms with van der Waals surface area (Å²) in [5.74, 6) is -0.267. The molecule has 0 heterocycles. The molecule has 1 aliphatic carbocycles. The zero-order valence-electron chi connectivity index (χ0n) is 13.0. The van der Waals surface area contributed by atoms with Gasteiger partial charge >= 0.3 is 0 Å². The van der Waals surface area contributed by atoms with Crippen LogP contribution in [0.15, 0.2) is 54.6 Å².